The number of benzene rings is 1. The normalized spacial score (nSPS) is 18.9. The number of carbonyl (C=O) groups excluding carboxylic acids is 1. The van der Waals surface area contributed by atoms with Crippen molar-refractivity contribution in [2.45, 2.75) is 74.5 Å². The molecule has 0 aliphatic heterocycles. The number of carbonyl (C=O) groups is 1. The molecule has 30 heavy (non-hydrogen) atoms. The minimum Gasteiger partial charge on any atom is -0.326 e. The lowest BCUT2D eigenvalue weighted by Crippen LogP contribution is -2.50. The van der Waals surface area contributed by atoms with Crippen molar-refractivity contribution in [1.82, 2.24) is 14.5 Å². The van der Waals surface area contributed by atoms with Crippen molar-refractivity contribution in [1.29, 1.82) is 5.26 Å². The van der Waals surface area contributed by atoms with Crippen LogP contribution in [0, 0.1) is 11.3 Å². The smallest absolute Gasteiger partial charge is 0.262 e. The zero-order valence-corrected chi connectivity index (χ0v) is 18.3. The Bertz CT molecular complexity index is 1030. The van der Waals surface area contributed by atoms with Crippen LogP contribution in [0.25, 0.3) is 10.9 Å². The second-order valence-electron chi connectivity index (χ2n) is 8.47. The average molecular weight is 425 g/mol. The maximum atomic E-state index is 13.2. The highest BCUT2D eigenvalue weighted by molar-refractivity contribution is 7.99. The third-order valence-corrected chi connectivity index (χ3v) is 7.63. The van der Waals surface area contributed by atoms with Crippen molar-refractivity contribution in [3.63, 3.8) is 0 Å². The van der Waals surface area contributed by atoms with Crippen LogP contribution >= 0.6 is 11.8 Å². The first-order valence-electron chi connectivity index (χ1n) is 10.9. The van der Waals surface area contributed by atoms with Gasteiger partial charge in [0.25, 0.3) is 5.56 Å². The zero-order chi connectivity index (χ0) is 21.1. The van der Waals surface area contributed by atoms with E-state index in [1.807, 2.05) is 28.8 Å². The second kappa shape index (κ2) is 8.81. The molecule has 1 heterocycles. The third-order valence-electron chi connectivity index (χ3n) is 6.69. The summed E-state index contributed by atoms with van der Waals surface area (Å²) in [7, 11) is 1.75. The molecule has 2 fully saturated rings. The van der Waals surface area contributed by atoms with E-state index < -0.39 is 5.54 Å². The van der Waals surface area contributed by atoms with Crippen LogP contribution in [-0.2, 0) is 4.79 Å². The molecule has 0 N–H and O–H groups in total. The molecule has 158 valence electrons. The van der Waals surface area contributed by atoms with Crippen LogP contribution in [0.15, 0.2) is 34.2 Å². The molecular weight excluding hydrogens is 396 g/mol. The van der Waals surface area contributed by atoms with Gasteiger partial charge in [-0.25, -0.2) is 4.98 Å². The van der Waals surface area contributed by atoms with Gasteiger partial charge in [0.15, 0.2) is 5.16 Å². The summed E-state index contributed by atoms with van der Waals surface area (Å²) in [6.45, 7) is 0. The Hall–Kier alpha value is -2.33. The molecule has 6 nitrogen and oxygen atoms in total. The Balaban J connectivity index is 1.60. The van der Waals surface area contributed by atoms with E-state index in [0.29, 0.717) is 16.1 Å². The summed E-state index contributed by atoms with van der Waals surface area (Å²) in [6, 6.07) is 9.97. The lowest BCUT2D eigenvalue weighted by Gasteiger charge is -2.39. The summed E-state index contributed by atoms with van der Waals surface area (Å²) < 4.78 is 1.81. The average Bonchev–Trinajstić information content (AvgIpc) is 3.31. The number of nitrogens with zero attached hydrogens (tertiary/aromatic N) is 4. The van der Waals surface area contributed by atoms with E-state index >= 15 is 0 Å². The molecule has 0 saturated heterocycles. The monoisotopic (exact) mass is 424 g/mol. The molecule has 2 aliphatic carbocycles. The number of thioether (sulfide) groups is 1. The number of para-hydroxylation sites is 1. The Morgan fingerprint density at radius 2 is 1.93 bits per heavy atom. The molecule has 1 aromatic carbocycles. The van der Waals surface area contributed by atoms with Gasteiger partial charge in [0.1, 0.15) is 5.54 Å². The molecule has 0 spiro atoms. The standard InChI is InChI=1S/C23H28N4O2S/c1-26(23(16-24)13-7-2-8-14-23)20(28)15-30-22-25-19-12-6-5-11-18(19)21(29)27(22)17-9-3-4-10-17/h5-6,11-12,17H,2-4,7-10,13-15H2,1H3. The summed E-state index contributed by atoms with van der Waals surface area (Å²) in [5.74, 6) is 0.0982. The molecule has 2 saturated carbocycles. The summed E-state index contributed by atoms with van der Waals surface area (Å²) in [5.41, 5.74) is -0.0462. The van der Waals surface area contributed by atoms with Gasteiger partial charge in [0.05, 0.1) is 22.7 Å². The fraction of sp³-hybridized carbons (Fsp3) is 0.565. The number of rotatable bonds is 5. The van der Waals surface area contributed by atoms with Crippen LogP contribution in [0.4, 0.5) is 0 Å². The fourth-order valence-corrected chi connectivity index (χ4v) is 5.81. The number of hydrogen-bond donors (Lipinski definition) is 0. The van der Waals surface area contributed by atoms with Crippen LogP contribution in [0.2, 0.25) is 0 Å². The van der Waals surface area contributed by atoms with Crippen LogP contribution in [0.5, 0.6) is 0 Å². The van der Waals surface area contributed by atoms with Crippen LogP contribution in [0.3, 0.4) is 0 Å². The predicted molar refractivity (Wildman–Crippen MR) is 118 cm³/mol. The highest BCUT2D eigenvalue weighted by Gasteiger charge is 2.38. The van der Waals surface area contributed by atoms with Gasteiger partial charge < -0.3 is 4.90 Å². The second-order valence-corrected chi connectivity index (χ2v) is 9.41. The van der Waals surface area contributed by atoms with E-state index in [-0.39, 0.29) is 23.3 Å². The summed E-state index contributed by atoms with van der Waals surface area (Å²) >= 11 is 1.32. The van der Waals surface area contributed by atoms with Crippen LogP contribution < -0.4 is 5.56 Å². The van der Waals surface area contributed by atoms with Gasteiger partial charge in [-0.3, -0.25) is 14.2 Å². The molecule has 2 aromatic rings. The van der Waals surface area contributed by atoms with E-state index in [2.05, 4.69) is 6.07 Å². The van der Waals surface area contributed by atoms with Crippen LogP contribution in [0.1, 0.15) is 63.8 Å². The first-order chi connectivity index (χ1) is 14.6. The van der Waals surface area contributed by atoms with E-state index in [9.17, 15) is 14.9 Å². The molecule has 2 aliphatic rings. The number of amides is 1. The first kappa shape index (κ1) is 20.9. The zero-order valence-electron chi connectivity index (χ0n) is 17.5. The topological polar surface area (TPSA) is 79.0 Å². The maximum absolute atomic E-state index is 13.2. The number of aromatic nitrogens is 2. The highest BCUT2D eigenvalue weighted by atomic mass is 32.2. The molecular formula is C23H28N4O2S. The highest BCUT2D eigenvalue weighted by Crippen LogP contribution is 2.34. The fourth-order valence-electron chi connectivity index (χ4n) is 4.83. The Morgan fingerprint density at radius 1 is 1.23 bits per heavy atom. The van der Waals surface area contributed by atoms with Gasteiger partial charge in [-0.05, 0) is 37.8 Å². The summed E-state index contributed by atoms with van der Waals surface area (Å²) in [5, 5.41) is 11.0. The van der Waals surface area contributed by atoms with Crippen LogP contribution in [-0.4, -0.2) is 38.7 Å². The minimum absolute atomic E-state index is 0.0171. The van der Waals surface area contributed by atoms with Gasteiger partial charge in [-0.1, -0.05) is 56.0 Å². The van der Waals surface area contributed by atoms with E-state index in [1.165, 1.54) is 11.8 Å². The Kier molecular flexibility index (Phi) is 6.14. The summed E-state index contributed by atoms with van der Waals surface area (Å²) in [4.78, 5) is 32.6. The largest absolute Gasteiger partial charge is 0.326 e. The van der Waals surface area contributed by atoms with E-state index in [4.69, 9.17) is 4.98 Å². The number of fused-ring (bicyclic) bond motifs is 1. The Morgan fingerprint density at radius 3 is 2.63 bits per heavy atom. The van der Waals surface area contributed by atoms with E-state index in [1.54, 1.807) is 11.9 Å². The van der Waals surface area contributed by atoms with E-state index in [0.717, 1.165) is 57.8 Å². The lowest BCUT2D eigenvalue weighted by molar-refractivity contribution is -0.131. The first-order valence-corrected chi connectivity index (χ1v) is 11.9. The van der Waals surface area contributed by atoms with Crippen molar-refractivity contribution >= 4 is 28.6 Å². The molecule has 0 atom stereocenters. The van der Waals surface area contributed by atoms with Crippen molar-refractivity contribution in [2.75, 3.05) is 12.8 Å². The molecule has 0 unspecified atom stereocenters. The minimum atomic E-state index is -0.697. The predicted octanol–water partition coefficient (Wildman–Crippen LogP) is 4.29. The maximum Gasteiger partial charge on any atom is 0.262 e. The van der Waals surface area contributed by atoms with Crippen molar-refractivity contribution in [3.8, 4) is 6.07 Å². The summed E-state index contributed by atoms with van der Waals surface area (Å²) in [6.07, 6.45) is 8.71. The van der Waals surface area contributed by atoms with Crippen molar-refractivity contribution in [3.05, 3.63) is 34.6 Å². The number of nitriles is 1. The molecule has 0 radical (unpaired) electrons. The molecule has 1 amide bonds. The molecule has 4 rings (SSSR count). The van der Waals surface area contributed by atoms with Gasteiger partial charge in [-0.2, -0.15) is 5.26 Å². The van der Waals surface area contributed by atoms with Gasteiger partial charge >= 0.3 is 0 Å². The van der Waals surface area contributed by atoms with Crippen molar-refractivity contribution < 1.29 is 4.79 Å². The molecule has 7 heteroatoms. The van der Waals surface area contributed by atoms with Crippen molar-refractivity contribution in [2.24, 2.45) is 0 Å². The number of hydrogen-bond acceptors (Lipinski definition) is 5. The molecule has 0 bridgehead atoms. The van der Waals surface area contributed by atoms with Gasteiger partial charge in [0, 0.05) is 13.1 Å². The third kappa shape index (κ3) is 3.85. The molecule has 1 aromatic heterocycles. The SMILES string of the molecule is CN(C(=O)CSc1nc2ccccc2c(=O)n1C1CCCC1)C1(C#N)CCCCC1. The quantitative estimate of drug-likeness (QED) is 0.528. The lowest BCUT2D eigenvalue weighted by atomic mass is 9.81. The Labute approximate surface area is 181 Å². The van der Waals surface area contributed by atoms with Gasteiger partial charge in [-0.15, -0.1) is 0 Å². The van der Waals surface area contributed by atoms with Gasteiger partial charge in [0.2, 0.25) is 5.91 Å².